The Labute approximate surface area is 349 Å². The monoisotopic (exact) mass is 763 g/mol. The second-order valence-corrected chi connectivity index (χ2v) is 15.4. The summed E-state index contributed by atoms with van der Waals surface area (Å²) in [6.45, 7) is 0. The van der Waals surface area contributed by atoms with Crippen molar-refractivity contribution in [1.82, 2.24) is 9.55 Å². The third-order valence-electron chi connectivity index (χ3n) is 12.2. The molecule has 3 nitrogen and oxygen atoms in total. The van der Waals surface area contributed by atoms with Gasteiger partial charge in [-0.1, -0.05) is 188 Å². The lowest BCUT2D eigenvalue weighted by Crippen LogP contribution is -2.28. The van der Waals surface area contributed by atoms with Crippen molar-refractivity contribution in [1.29, 1.82) is 5.26 Å². The van der Waals surface area contributed by atoms with Crippen LogP contribution in [0.4, 0.5) is 0 Å². The standard InChI is InChI=1S/C57H37N3/c58-38-39-24-26-40(27-25-39)41-28-30-43(31-29-41)54-48(42-32-34-47(35-33-42)60-53-23-13-12-22-52(53)59-56(60)44-14-4-1-5-15-44)36-37-51-55(54)49-20-10-11-21-50(49)57(51,45-16-6-2-7-17-45)46-18-8-3-9-19-46/h1-37H. The Morgan fingerprint density at radius 1 is 0.400 bits per heavy atom. The summed E-state index contributed by atoms with van der Waals surface area (Å²) in [5.41, 5.74) is 18.6. The topological polar surface area (TPSA) is 41.6 Å². The molecule has 60 heavy (non-hydrogen) atoms. The van der Waals surface area contributed by atoms with Crippen LogP contribution in [0.1, 0.15) is 27.8 Å². The van der Waals surface area contributed by atoms with E-state index >= 15 is 0 Å². The van der Waals surface area contributed by atoms with Crippen molar-refractivity contribution in [3.05, 3.63) is 252 Å². The Balaban J connectivity index is 1.15. The van der Waals surface area contributed by atoms with E-state index in [1.165, 1.54) is 38.9 Å². The molecule has 0 spiro atoms. The smallest absolute Gasteiger partial charge is 0.145 e. The largest absolute Gasteiger partial charge is 0.292 e. The Morgan fingerprint density at radius 3 is 1.62 bits per heavy atom. The summed E-state index contributed by atoms with van der Waals surface area (Å²) in [4.78, 5) is 5.10. The van der Waals surface area contributed by atoms with Gasteiger partial charge in [0.1, 0.15) is 5.82 Å². The van der Waals surface area contributed by atoms with Gasteiger partial charge in [0.15, 0.2) is 0 Å². The number of aromatic nitrogens is 2. The van der Waals surface area contributed by atoms with Gasteiger partial charge in [0.05, 0.1) is 28.1 Å². The summed E-state index contributed by atoms with van der Waals surface area (Å²) in [7, 11) is 0. The molecule has 1 aliphatic carbocycles. The van der Waals surface area contributed by atoms with Crippen LogP contribution in [0.3, 0.4) is 0 Å². The normalized spacial score (nSPS) is 12.4. The molecule has 0 aliphatic heterocycles. The van der Waals surface area contributed by atoms with E-state index in [1.807, 2.05) is 36.4 Å². The lowest BCUT2D eigenvalue weighted by atomic mass is 9.67. The van der Waals surface area contributed by atoms with Crippen LogP contribution in [0.15, 0.2) is 224 Å². The number of hydrogen-bond acceptors (Lipinski definition) is 2. The molecule has 1 aromatic heterocycles. The first-order chi connectivity index (χ1) is 29.7. The summed E-state index contributed by atoms with van der Waals surface area (Å²) < 4.78 is 2.27. The minimum absolute atomic E-state index is 0.523. The van der Waals surface area contributed by atoms with Gasteiger partial charge in [-0.15, -0.1) is 0 Å². The van der Waals surface area contributed by atoms with Crippen LogP contribution in [-0.2, 0) is 5.41 Å². The van der Waals surface area contributed by atoms with Gasteiger partial charge in [-0.2, -0.15) is 5.26 Å². The molecule has 1 heterocycles. The Morgan fingerprint density at radius 2 is 0.950 bits per heavy atom. The van der Waals surface area contributed by atoms with Gasteiger partial charge in [-0.25, -0.2) is 4.98 Å². The van der Waals surface area contributed by atoms with Gasteiger partial charge >= 0.3 is 0 Å². The van der Waals surface area contributed by atoms with Crippen LogP contribution in [0.25, 0.3) is 72.6 Å². The van der Waals surface area contributed by atoms with Crippen molar-refractivity contribution in [2.45, 2.75) is 5.41 Å². The minimum atomic E-state index is -0.523. The molecule has 0 saturated heterocycles. The average Bonchev–Trinajstić information content (AvgIpc) is 3.87. The first-order valence-corrected chi connectivity index (χ1v) is 20.4. The van der Waals surface area contributed by atoms with Crippen LogP contribution in [0.5, 0.6) is 0 Å². The minimum Gasteiger partial charge on any atom is -0.292 e. The lowest BCUT2D eigenvalue weighted by Gasteiger charge is -2.34. The van der Waals surface area contributed by atoms with E-state index in [4.69, 9.17) is 4.98 Å². The molecule has 3 heteroatoms. The zero-order valence-corrected chi connectivity index (χ0v) is 32.7. The number of nitrogens with zero attached hydrogens (tertiary/aromatic N) is 3. The zero-order chi connectivity index (χ0) is 40.0. The molecule has 0 fully saturated rings. The molecule has 1 aliphatic rings. The SMILES string of the molecule is N#Cc1ccc(-c2ccc(-c3c(-c4ccc(-n5c(-c6ccccc6)nc6ccccc65)cc4)ccc4c3-c3ccccc3C4(c3ccccc3)c3ccccc3)cc2)cc1. The highest BCUT2D eigenvalue weighted by Crippen LogP contribution is 2.59. The fourth-order valence-corrected chi connectivity index (χ4v) is 9.50. The third kappa shape index (κ3) is 5.54. The molecule has 0 amide bonds. The molecule has 0 N–H and O–H groups in total. The molecule has 0 bridgehead atoms. The van der Waals surface area contributed by atoms with Crippen LogP contribution in [0, 0.1) is 11.3 Å². The molecule has 0 saturated carbocycles. The summed E-state index contributed by atoms with van der Waals surface area (Å²) in [5, 5.41) is 9.42. The van der Waals surface area contributed by atoms with E-state index in [-0.39, 0.29) is 0 Å². The Hall–Kier alpha value is -8.06. The summed E-state index contributed by atoms with van der Waals surface area (Å²) in [6, 6.07) is 82.4. The highest BCUT2D eigenvalue weighted by Gasteiger charge is 2.47. The maximum atomic E-state index is 9.42. The van der Waals surface area contributed by atoms with E-state index in [1.54, 1.807) is 0 Å². The lowest BCUT2D eigenvalue weighted by molar-refractivity contribution is 0.768. The van der Waals surface area contributed by atoms with E-state index in [9.17, 15) is 5.26 Å². The predicted molar refractivity (Wildman–Crippen MR) is 245 cm³/mol. The van der Waals surface area contributed by atoms with E-state index in [0.29, 0.717) is 5.56 Å². The van der Waals surface area contributed by atoms with Gasteiger partial charge in [-0.3, -0.25) is 4.57 Å². The zero-order valence-electron chi connectivity index (χ0n) is 32.7. The van der Waals surface area contributed by atoms with Gasteiger partial charge in [0, 0.05) is 11.3 Å². The second kappa shape index (κ2) is 14.4. The maximum absolute atomic E-state index is 9.42. The fraction of sp³-hybridized carbons (Fsp3) is 0.0175. The number of para-hydroxylation sites is 2. The van der Waals surface area contributed by atoms with Crippen LogP contribution in [-0.4, -0.2) is 9.55 Å². The molecule has 0 atom stereocenters. The number of nitriles is 1. The van der Waals surface area contributed by atoms with Crippen molar-refractivity contribution in [2.75, 3.05) is 0 Å². The summed E-state index contributed by atoms with van der Waals surface area (Å²) in [5.74, 6) is 0.917. The van der Waals surface area contributed by atoms with Crippen LogP contribution < -0.4 is 0 Å². The second-order valence-electron chi connectivity index (χ2n) is 15.4. The van der Waals surface area contributed by atoms with Crippen molar-refractivity contribution >= 4 is 11.0 Å². The molecule has 0 radical (unpaired) electrons. The predicted octanol–water partition coefficient (Wildman–Crippen LogP) is 13.9. The first kappa shape index (κ1) is 35.1. The number of fused-ring (bicyclic) bond motifs is 4. The van der Waals surface area contributed by atoms with Crippen molar-refractivity contribution < 1.29 is 0 Å². The highest BCUT2D eigenvalue weighted by molar-refractivity contribution is 6.02. The van der Waals surface area contributed by atoms with Crippen molar-refractivity contribution in [3.8, 4) is 67.7 Å². The van der Waals surface area contributed by atoms with E-state index in [2.05, 4.69) is 199 Å². The molecular formula is C57H37N3. The Bertz CT molecular complexity index is 3170. The molecule has 9 aromatic carbocycles. The quantitative estimate of drug-likeness (QED) is 0.162. The summed E-state index contributed by atoms with van der Waals surface area (Å²) >= 11 is 0. The molecular weight excluding hydrogens is 727 g/mol. The van der Waals surface area contributed by atoms with E-state index < -0.39 is 5.41 Å². The number of rotatable bonds is 7. The van der Waals surface area contributed by atoms with Gasteiger partial charge in [0.2, 0.25) is 0 Å². The van der Waals surface area contributed by atoms with Gasteiger partial charge in [0.25, 0.3) is 0 Å². The van der Waals surface area contributed by atoms with Crippen LogP contribution >= 0.6 is 0 Å². The number of hydrogen-bond donors (Lipinski definition) is 0. The van der Waals surface area contributed by atoms with Gasteiger partial charge in [-0.05, 0) is 103 Å². The Kier molecular flexibility index (Phi) is 8.43. The van der Waals surface area contributed by atoms with E-state index in [0.717, 1.165) is 55.9 Å². The van der Waals surface area contributed by atoms with Gasteiger partial charge < -0.3 is 0 Å². The molecule has 11 rings (SSSR count). The maximum Gasteiger partial charge on any atom is 0.145 e. The third-order valence-corrected chi connectivity index (χ3v) is 12.2. The number of imidazole rings is 1. The fourth-order valence-electron chi connectivity index (χ4n) is 9.50. The molecule has 0 unspecified atom stereocenters. The first-order valence-electron chi connectivity index (χ1n) is 20.4. The van der Waals surface area contributed by atoms with Crippen molar-refractivity contribution in [2.24, 2.45) is 0 Å². The average molecular weight is 764 g/mol. The molecule has 10 aromatic rings. The van der Waals surface area contributed by atoms with Crippen LogP contribution in [0.2, 0.25) is 0 Å². The summed E-state index contributed by atoms with van der Waals surface area (Å²) in [6.07, 6.45) is 0. The number of benzene rings is 9. The highest BCUT2D eigenvalue weighted by atomic mass is 15.1. The van der Waals surface area contributed by atoms with Crippen molar-refractivity contribution in [3.63, 3.8) is 0 Å². The molecule has 280 valence electrons.